The zero-order valence-corrected chi connectivity index (χ0v) is 37.1. The quantitative estimate of drug-likeness (QED) is 0.0106. The minimum Gasteiger partial charge on any atom is -0.481 e. The number of nitrogens with two attached hydrogens (primary N) is 3. The molecule has 364 valence electrons. The zero-order chi connectivity index (χ0) is 49.8. The summed E-state index contributed by atoms with van der Waals surface area (Å²) in [6.07, 6.45) is -2.23. The smallest absolute Gasteiger partial charge is 0.326 e. The molecule has 0 radical (unpaired) electrons. The van der Waals surface area contributed by atoms with Crippen LogP contribution < -0.4 is 54.7 Å². The molecular formula is C37H50N14O14S2. The van der Waals surface area contributed by atoms with Gasteiger partial charge in [0, 0.05) is 30.0 Å². The molecule has 0 aliphatic carbocycles. The first-order valence-corrected chi connectivity index (χ1v) is 22.5. The number of aliphatic imine (C=N–C) groups is 1. The number of carboxylic acids is 4. The van der Waals surface area contributed by atoms with E-state index >= 15 is 0 Å². The van der Waals surface area contributed by atoms with Crippen LogP contribution in [0.1, 0.15) is 54.6 Å². The van der Waals surface area contributed by atoms with Crippen molar-refractivity contribution in [1.29, 1.82) is 0 Å². The lowest BCUT2D eigenvalue weighted by molar-refractivity contribution is -0.141. The third kappa shape index (κ3) is 18.6. The highest BCUT2D eigenvalue weighted by Crippen LogP contribution is 2.18. The predicted molar refractivity (Wildman–Crippen MR) is 241 cm³/mol. The first-order chi connectivity index (χ1) is 31.7. The third-order valence-corrected chi connectivity index (χ3v) is 10.9. The summed E-state index contributed by atoms with van der Waals surface area (Å²) >= 11 is 0. The minimum absolute atomic E-state index is 0.00779. The number of nitrogens with one attached hydrogen (secondary N) is 7. The molecule has 4 amide bonds. The number of carbonyl (C=O) groups is 8. The molecule has 0 spiro atoms. The normalized spacial score (nSPS) is 13.6. The average Bonchev–Trinajstić information content (AvgIpc) is 3.25. The van der Waals surface area contributed by atoms with E-state index in [1.807, 2.05) is 0 Å². The Morgan fingerprint density at radius 2 is 1.48 bits per heavy atom. The molecule has 2 aromatic heterocycles. The second-order valence-corrected chi connectivity index (χ2v) is 16.8. The molecule has 0 bridgehead atoms. The number of aromatic amines is 1. The number of nitrogens with zero attached hydrogens (tertiary/aromatic N) is 4. The first-order valence-electron chi connectivity index (χ1n) is 19.8. The maximum Gasteiger partial charge on any atom is 0.326 e. The monoisotopic (exact) mass is 978 g/mol. The number of guanidine groups is 1. The fourth-order valence-electron chi connectivity index (χ4n) is 5.82. The van der Waals surface area contributed by atoms with Crippen molar-refractivity contribution < 1.29 is 63.9 Å². The van der Waals surface area contributed by atoms with Gasteiger partial charge < -0.3 is 69.3 Å². The molecule has 3 aromatic rings. The van der Waals surface area contributed by atoms with Crippen LogP contribution in [-0.2, 0) is 40.1 Å². The van der Waals surface area contributed by atoms with Gasteiger partial charge in [-0.2, -0.15) is 4.98 Å². The number of aliphatic carboxylic acids is 4. The van der Waals surface area contributed by atoms with Crippen LogP contribution >= 0.6 is 21.6 Å². The second kappa shape index (κ2) is 26.6. The SMILES string of the molecule is CSSC[C@@H](N[C@@H](O)[C@H](CC(=O)O)NC(=O)[C@@H](CCCN=C(N)N)NC(=O)[C@H](CC(=O)O)NC(=O)CC[C@@H](NC(=O)c1ccc(NCc2cnc3nc(N)[nH]c(=O)c3n2)cc1)C(=O)O)C(=O)O. The number of nitrogen functional groups attached to an aromatic ring is 1. The van der Waals surface area contributed by atoms with E-state index in [1.165, 1.54) is 41.3 Å². The van der Waals surface area contributed by atoms with E-state index in [9.17, 15) is 68.7 Å². The molecule has 0 saturated heterocycles. The molecule has 1 aromatic carbocycles. The summed E-state index contributed by atoms with van der Waals surface area (Å²) in [6.45, 7) is 0.0431. The lowest BCUT2D eigenvalue weighted by atomic mass is 10.1. The number of rotatable bonds is 29. The predicted octanol–water partition coefficient (Wildman–Crippen LogP) is -3.30. The number of benzene rings is 1. The maximum atomic E-state index is 13.6. The number of hydrogen-bond acceptors (Lipinski definition) is 19. The number of fused-ring (bicyclic) bond motifs is 1. The van der Waals surface area contributed by atoms with Gasteiger partial charge in [0.15, 0.2) is 17.1 Å². The molecule has 6 atom stereocenters. The van der Waals surface area contributed by atoms with Gasteiger partial charge >= 0.3 is 23.9 Å². The Balaban J connectivity index is 1.66. The van der Waals surface area contributed by atoms with Crippen LogP contribution in [-0.4, -0.2) is 154 Å². The summed E-state index contributed by atoms with van der Waals surface area (Å²) in [4.78, 5) is 131. The molecule has 0 saturated carbocycles. The van der Waals surface area contributed by atoms with Gasteiger partial charge in [-0.1, -0.05) is 21.6 Å². The first kappa shape index (κ1) is 54.0. The van der Waals surface area contributed by atoms with Crippen molar-refractivity contribution in [3.63, 3.8) is 0 Å². The molecule has 30 heteroatoms. The Kier molecular flexibility index (Phi) is 21.5. The number of H-pyrrole nitrogens is 1. The fourth-order valence-corrected chi connectivity index (χ4v) is 7.15. The van der Waals surface area contributed by atoms with Gasteiger partial charge in [-0.05, 0) is 49.8 Å². The Labute approximate surface area is 386 Å². The number of aliphatic hydroxyl groups is 1. The number of hydrogen-bond donors (Lipinski definition) is 15. The topological polar surface area (TPSA) is 472 Å². The maximum absolute atomic E-state index is 13.6. The summed E-state index contributed by atoms with van der Waals surface area (Å²) in [5.74, 6) is -10.6. The molecule has 28 nitrogen and oxygen atoms in total. The van der Waals surface area contributed by atoms with Crippen LogP contribution in [0.2, 0.25) is 0 Å². The summed E-state index contributed by atoms with van der Waals surface area (Å²) in [5.41, 5.74) is 16.6. The van der Waals surface area contributed by atoms with Gasteiger partial charge in [-0.3, -0.25) is 53.6 Å². The van der Waals surface area contributed by atoms with Crippen molar-refractivity contribution in [2.24, 2.45) is 16.5 Å². The Morgan fingerprint density at radius 1 is 0.821 bits per heavy atom. The standard InChI is InChI=1S/C37H50N14O14S2/c1-66-67-15-23(35(64)65)49-32(60)22(12-26(55)56)48-30(58)19(3-2-10-41-36(38)39)46-31(59)21(11-25(53)54)45-24(52)9-8-20(34(62)63)47-29(57)16-4-6-17(7-5-16)42-13-18-14-43-28-27(44-18)33(61)51-37(40)50-28/h4-7,14,19-23,32,42,49,60H,2-3,8-13,15H2,1H3,(H,45,52)(H,46,59)(H,47,57)(H,48,58)(H,53,54)(H,55,56)(H,62,63)(H,64,65)(H4,38,39,41)(H3,40,43,50,51,61)/t19-,20-,21+,22+,23-,32+/m1/s1. The zero-order valence-electron chi connectivity index (χ0n) is 35.5. The largest absolute Gasteiger partial charge is 0.481 e. The molecule has 3 rings (SSSR count). The van der Waals surface area contributed by atoms with E-state index in [4.69, 9.17) is 17.2 Å². The number of carboxylic acid groups (broad SMARTS) is 4. The lowest BCUT2D eigenvalue weighted by Crippen LogP contribution is -2.60. The van der Waals surface area contributed by atoms with Crippen LogP contribution in [0, 0.1) is 0 Å². The van der Waals surface area contributed by atoms with Crippen molar-refractivity contribution >= 4 is 97.9 Å². The van der Waals surface area contributed by atoms with Crippen LogP contribution in [0.5, 0.6) is 0 Å². The van der Waals surface area contributed by atoms with Crippen molar-refractivity contribution in [1.82, 2.24) is 46.5 Å². The summed E-state index contributed by atoms with van der Waals surface area (Å²) in [6, 6.07) is -2.36. The lowest BCUT2D eigenvalue weighted by Gasteiger charge is -2.29. The van der Waals surface area contributed by atoms with Crippen LogP contribution in [0.15, 0.2) is 40.2 Å². The minimum atomic E-state index is -1.93. The van der Waals surface area contributed by atoms with E-state index in [0.717, 1.165) is 10.8 Å². The van der Waals surface area contributed by atoms with E-state index in [-0.39, 0.29) is 60.3 Å². The summed E-state index contributed by atoms with van der Waals surface area (Å²) in [7, 11) is 2.35. The second-order valence-electron chi connectivity index (χ2n) is 14.2. The van der Waals surface area contributed by atoms with Crippen LogP contribution in [0.3, 0.4) is 0 Å². The molecule has 18 N–H and O–H groups in total. The third-order valence-electron chi connectivity index (χ3n) is 9.10. The summed E-state index contributed by atoms with van der Waals surface area (Å²) in [5, 5.41) is 63.6. The highest BCUT2D eigenvalue weighted by atomic mass is 33.1. The van der Waals surface area contributed by atoms with Crippen molar-refractivity contribution in [2.45, 2.75) is 81.5 Å². The molecule has 0 unspecified atom stereocenters. The Bertz CT molecular complexity index is 2350. The Morgan fingerprint density at radius 3 is 2.09 bits per heavy atom. The molecule has 0 aliphatic heterocycles. The fraction of sp³-hybridized carbons (Fsp3) is 0.432. The number of aromatic nitrogens is 4. The number of carbonyl (C=O) groups excluding carboxylic acids is 4. The molecular weight excluding hydrogens is 929 g/mol. The van der Waals surface area contributed by atoms with Crippen molar-refractivity contribution in [2.75, 3.05) is 29.6 Å². The van der Waals surface area contributed by atoms with Gasteiger partial charge in [0.05, 0.1) is 37.3 Å². The van der Waals surface area contributed by atoms with Crippen LogP contribution in [0.25, 0.3) is 11.2 Å². The van der Waals surface area contributed by atoms with E-state index in [2.05, 4.69) is 56.8 Å². The number of amides is 4. The highest BCUT2D eigenvalue weighted by molar-refractivity contribution is 8.76. The van der Waals surface area contributed by atoms with Crippen molar-refractivity contribution in [3.05, 3.63) is 52.1 Å². The molecule has 67 heavy (non-hydrogen) atoms. The number of aliphatic hydroxyl groups excluding tert-OH is 1. The van der Waals surface area contributed by atoms with E-state index in [1.54, 1.807) is 6.26 Å². The van der Waals surface area contributed by atoms with Gasteiger partial charge in [0.1, 0.15) is 30.4 Å². The summed E-state index contributed by atoms with van der Waals surface area (Å²) < 4.78 is 0. The van der Waals surface area contributed by atoms with Gasteiger partial charge in [-0.15, -0.1) is 0 Å². The average molecular weight is 979 g/mol. The van der Waals surface area contributed by atoms with Gasteiger partial charge in [0.25, 0.3) is 11.5 Å². The van der Waals surface area contributed by atoms with Crippen molar-refractivity contribution in [3.8, 4) is 0 Å². The van der Waals surface area contributed by atoms with Gasteiger partial charge in [0.2, 0.25) is 23.7 Å². The molecule has 2 heterocycles. The van der Waals surface area contributed by atoms with Gasteiger partial charge in [-0.25, -0.2) is 14.8 Å². The van der Waals surface area contributed by atoms with Crippen LogP contribution in [0.4, 0.5) is 11.6 Å². The highest BCUT2D eigenvalue weighted by Gasteiger charge is 2.33. The Hall–Kier alpha value is -7.31. The molecule has 0 aliphatic rings. The van der Waals surface area contributed by atoms with E-state index < -0.39 is 115 Å². The number of anilines is 2. The van der Waals surface area contributed by atoms with E-state index in [0.29, 0.717) is 11.4 Å². The molecule has 0 fully saturated rings.